The van der Waals surface area contributed by atoms with E-state index in [1.54, 1.807) is 18.2 Å². The van der Waals surface area contributed by atoms with Crippen LogP contribution < -0.4 is 16.0 Å². The Balaban J connectivity index is 1.88. The minimum atomic E-state index is -0.255. The molecule has 0 aliphatic heterocycles. The van der Waals surface area contributed by atoms with Crippen molar-refractivity contribution < 1.29 is 9.59 Å². The van der Waals surface area contributed by atoms with Crippen molar-refractivity contribution in [2.45, 2.75) is 39.2 Å². The highest BCUT2D eigenvalue weighted by molar-refractivity contribution is 5.93. The monoisotopic (exact) mass is 301 g/mol. The molecule has 0 radical (unpaired) electrons. The van der Waals surface area contributed by atoms with Crippen molar-refractivity contribution in [2.75, 3.05) is 10.6 Å². The van der Waals surface area contributed by atoms with E-state index in [2.05, 4.69) is 28.1 Å². The van der Waals surface area contributed by atoms with Gasteiger partial charge in [-0.15, -0.1) is 0 Å². The van der Waals surface area contributed by atoms with Crippen LogP contribution in [0.15, 0.2) is 36.4 Å². The Kier molecular flexibility index (Phi) is 5.58. The number of anilines is 2. The highest BCUT2D eigenvalue weighted by Crippen LogP contribution is 2.21. The third-order valence-corrected chi connectivity index (χ3v) is 3.38. The van der Waals surface area contributed by atoms with Crippen molar-refractivity contribution in [3.63, 3.8) is 0 Å². The summed E-state index contributed by atoms with van der Waals surface area (Å²) in [7, 11) is 0. The second-order valence-electron chi connectivity index (χ2n) is 5.85. The van der Waals surface area contributed by atoms with E-state index in [0.717, 1.165) is 12.8 Å². The molecule has 22 heavy (non-hydrogen) atoms. The number of carbonyl (C=O) groups is 2. The van der Waals surface area contributed by atoms with Crippen LogP contribution in [0.5, 0.6) is 0 Å². The van der Waals surface area contributed by atoms with Crippen molar-refractivity contribution in [1.82, 2.24) is 5.32 Å². The third-order valence-electron chi connectivity index (χ3n) is 3.38. The largest absolute Gasteiger partial charge is 0.336 e. The molecule has 0 saturated carbocycles. The number of hydrogen-bond donors (Lipinski definition) is 3. The molecular weight excluding hydrogens is 278 g/mol. The zero-order valence-corrected chi connectivity index (χ0v) is 13.1. The van der Waals surface area contributed by atoms with Gasteiger partial charge >= 0.3 is 6.03 Å². The van der Waals surface area contributed by atoms with Crippen LogP contribution in [0.3, 0.4) is 0 Å². The van der Waals surface area contributed by atoms with Gasteiger partial charge in [-0.25, -0.2) is 4.79 Å². The number of amides is 3. The smallest absolute Gasteiger partial charge is 0.319 e. The second-order valence-corrected chi connectivity index (χ2v) is 5.85. The summed E-state index contributed by atoms with van der Waals surface area (Å²) in [6.07, 6.45) is 6.83. The number of carbonyl (C=O) groups excluding carboxylic acids is 2. The van der Waals surface area contributed by atoms with Crippen LogP contribution in [-0.2, 0) is 4.79 Å². The van der Waals surface area contributed by atoms with Gasteiger partial charge < -0.3 is 16.0 Å². The topological polar surface area (TPSA) is 70.2 Å². The maximum atomic E-state index is 12.0. The quantitative estimate of drug-likeness (QED) is 0.728. The minimum absolute atomic E-state index is 0.000307. The molecule has 1 aliphatic rings. The zero-order valence-electron chi connectivity index (χ0n) is 13.1. The molecule has 1 aliphatic carbocycles. The Hall–Kier alpha value is -2.30. The summed E-state index contributed by atoms with van der Waals surface area (Å²) in [5.41, 5.74) is 1.34. The number of allylic oxidation sites excluding steroid dienone is 2. The first-order chi connectivity index (χ1) is 10.5. The van der Waals surface area contributed by atoms with Gasteiger partial charge in [0, 0.05) is 23.8 Å². The van der Waals surface area contributed by atoms with Crippen molar-refractivity contribution in [3.05, 3.63) is 36.4 Å². The highest BCUT2D eigenvalue weighted by atomic mass is 16.2. The van der Waals surface area contributed by atoms with E-state index in [4.69, 9.17) is 0 Å². The summed E-state index contributed by atoms with van der Waals surface area (Å²) in [4.78, 5) is 23.7. The molecule has 1 atom stereocenters. The van der Waals surface area contributed by atoms with Gasteiger partial charge in [-0.1, -0.05) is 18.2 Å². The predicted octanol–water partition coefficient (Wildman–Crippen LogP) is 3.51. The number of urea groups is 1. The van der Waals surface area contributed by atoms with E-state index < -0.39 is 0 Å². The zero-order chi connectivity index (χ0) is 15.9. The van der Waals surface area contributed by atoms with Crippen molar-refractivity contribution in [3.8, 4) is 0 Å². The minimum Gasteiger partial charge on any atom is -0.336 e. The molecule has 0 bridgehead atoms. The maximum absolute atomic E-state index is 12.0. The lowest BCUT2D eigenvalue weighted by atomic mass is 10.1. The normalized spacial score (nSPS) is 16.6. The molecule has 118 valence electrons. The summed E-state index contributed by atoms with van der Waals surface area (Å²) < 4.78 is 0. The molecule has 0 unspecified atom stereocenters. The average molecular weight is 301 g/mol. The summed E-state index contributed by atoms with van der Waals surface area (Å²) >= 11 is 0. The van der Waals surface area contributed by atoms with Gasteiger partial charge in [-0.05, 0) is 50.8 Å². The lowest BCUT2D eigenvalue weighted by Crippen LogP contribution is -2.34. The van der Waals surface area contributed by atoms with E-state index >= 15 is 0 Å². The van der Waals surface area contributed by atoms with E-state index in [0.29, 0.717) is 23.7 Å². The number of hydrogen-bond acceptors (Lipinski definition) is 2. The van der Waals surface area contributed by atoms with E-state index in [9.17, 15) is 9.59 Å². The predicted molar refractivity (Wildman–Crippen MR) is 88.8 cm³/mol. The molecule has 0 spiro atoms. The van der Waals surface area contributed by atoms with Crippen LogP contribution in [-0.4, -0.2) is 18.0 Å². The molecule has 0 saturated heterocycles. The molecule has 3 N–H and O–H groups in total. The molecule has 1 aromatic carbocycles. The summed E-state index contributed by atoms with van der Waals surface area (Å²) in [5, 5.41) is 8.38. The van der Waals surface area contributed by atoms with Gasteiger partial charge in [-0.3, -0.25) is 4.79 Å². The highest BCUT2D eigenvalue weighted by Gasteiger charge is 2.14. The molecule has 5 nitrogen and oxygen atoms in total. The van der Waals surface area contributed by atoms with Crippen molar-refractivity contribution in [2.24, 2.45) is 5.92 Å². The second kappa shape index (κ2) is 7.64. The summed E-state index contributed by atoms with van der Waals surface area (Å²) in [6.45, 7) is 3.79. The van der Waals surface area contributed by atoms with Crippen LogP contribution in [0, 0.1) is 5.92 Å². The Morgan fingerprint density at radius 1 is 1.23 bits per heavy atom. The van der Waals surface area contributed by atoms with Crippen LogP contribution in [0.4, 0.5) is 16.2 Å². The fraction of sp³-hybridized carbons (Fsp3) is 0.412. The Morgan fingerprint density at radius 3 is 2.59 bits per heavy atom. The lowest BCUT2D eigenvalue weighted by Gasteiger charge is -2.12. The first kappa shape index (κ1) is 16.1. The number of nitrogens with one attached hydrogen (secondary N) is 3. The van der Waals surface area contributed by atoms with Crippen LogP contribution in [0.2, 0.25) is 0 Å². The maximum Gasteiger partial charge on any atom is 0.319 e. The summed E-state index contributed by atoms with van der Waals surface area (Å²) in [5.74, 6) is 0.346. The van der Waals surface area contributed by atoms with E-state index in [1.165, 1.54) is 0 Å². The van der Waals surface area contributed by atoms with Gasteiger partial charge in [0.1, 0.15) is 0 Å². The SMILES string of the molecule is CC(C)NC(=O)Nc1cccc(NC(=O)C[C@@H]2C=CCC2)c1. The molecule has 0 aromatic heterocycles. The third kappa shape index (κ3) is 5.24. The van der Waals surface area contributed by atoms with E-state index in [1.807, 2.05) is 19.9 Å². The molecule has 3 amide bonds. The lowest BCUT2D eigenvalue weighted by molar-refractivity contribution is -0.116. The van der Waals surface area contributed by atoms with Gasteiger partial charge in [-0.2, -0.15) is 0 Å². The van der Waals surface area contributed by atoms with Crippen LogP contribution >= 0.6 is 0 Å². The standard InChI is InChI=1S/C17H23N3O2/c1-12(2)18-17(22)20-15-9-5-8-14(11-15)19-16(21)10-13-6-3-4-7-13/h3,5-6,8-9,11-13H,4,7,10H2,1-2H3,(H,19,21)(H2,18,20,22)/t13-/m1/s1. The Labute approximate surface area is 131 Å². The first-order valence-electron chi connectivity index (χ1n) is 7.67. The van der Waals surface area contributed by atoms with E-state index in [-0.39, 0.29) is 18.0 Å². The fourth-order valence-electron chi connectivity index (χ4n) is 2.42. The van der Waals surface area contributed by atoms with Gasteiger partial charge in [0.25, 0.3) is 0 Å². The first-order valence-corrected chi connectivity index (χ1v) is 7.67. The molecule has 0 fully saturated rings. The molecule has 2 rings (SSSR count). The van der Waals surface area contributed by atoms with Crippen LogP contribution in [0.1, 0.15) is 33.1 Å². The fourth-order valence-corrected chi connectivity index (χ4v) is 2.42. The van der Waals surface area contributed by atoms with Crippen molar-refractivity contribution >= 4 is 23.3 Å². The van der Waals surface area contributed by atoms with Gasteiger partial charge in [0.15, 0.2) is 0 Å². The van der Waals surface area contributed by atoms with Crippen LogP contribution in [0.25, 0.3) is 0 Å². The summed E-state index contributed by atoms with van der Waals surface area (Å²) in [6, 6.07) is 6.97. The number of benzene rings is 1. The molecule has 0 heterocycles. The molecule has 5 heteroatoms. The van der Waals surface area contributed by atoms with Gasteiger partial charge in [0.2, 0.25) is 5.91 Å². The number of rotatable bonds is 5. The Morgan fingerprint density at radius 2 is 1.95 bits per heavy atom. The molecule has 1 aromatic rings. The molecular formula is C17H23N3O2. The van der Waals surface area contributed by atoms with Crippen molar-refractivity contribution in [1.29, 1.82) is 0 Å². The van der Waals surface area contributed by atoms with Gasteiger partial charge in [0.05, 0.1) is 0 Å². The average Bonchev–Trinajstić information content (AvgIpc) is 2.90. The Bertz CT molecular complexity index is 567.